The number of carbonyl (C=O) groups is 1. The average Bonchev–Trinajstić information content (AvgIpc) is 3.08. The average molecular weight is 302 g/mol. The molecule has 2 saturated heterocycles. The summed E-state index contributed by atoms with van der Waals surface area (Å²) in [5.74, 6) is 0.972. The lowest BCUT2D eigenvalue weighted by Gasteiger charge is -2.34. The fraction of sp³-hybridized carbons (Fsp3) is 0.647. The Hall–Kier alpha value is -1.62. The molecule has 2 aliphatic heterocycles. The monoisotopic (exact) mass is 302 g/mol. The molecule has 0 atom stereocenters. The first-order chi connectivity index (χ1) is 10.7. The highest BCUT2D eigenvalue weighted by Crippen LogP contribution is 2.26. The second kappa shape index (κ2) is 6.65. The minimum absolute atomic E-state index is 0.0137. The van der Waals surface area contributed by atoms with Gasteiger partial charge in [-0.3, -0.25) is 4.79 Å². The van der Waals surface area contributed by atoms with Crippen LogP contribution in [-0.2, 0) is 0 Å². The molecule has 0 aliphatic carbocycles. The molecule has 3 rings (SSSR count). The number of anilines is 1. The van der Waals surface area contributed by atoms with Crippen LogP contribution in [0, 0.1) is 5.41 Å². The Morgan fingerprint density at radius 1 is 1.32 bits per heavy atom. The molecule has 1 amide bonds. The number of piperidine rings is 1. The highest BCUT2D eigenvalue weighted by molar-refractivity contribution is 5.94. The Bertz CT molecular complexity index is 502. The topological polar surface area (TPSA) is 57.3 Å². The van der Waals surface area contributed by atoms with Crippen molar-refractivity contribution in [3.05, 3.63) is 23.9 Å². The van der Waals surface area contributed by atoms with E-state index in [1.165, 1.54) is 12.8 Å². The largest absolute Gasteiger partial charge is 0.357 e. The zero-order valence-electron chi connectivity index (χ0n) is 13.4. The number of aromatic nitrogens is 1. The standard InChI is InChI=1S/C17H26N4O/c1-17(6-8-18-9-7-17)13-20-16(22)14-4-5-15(19-12-14)21-10-2-3-11-21/h4-5,12,18H,2-3,6-11,13H2,1H3,(H,20,22). The van der Waals surface area contributed by atoms with Crippen molar-refractivity contribution < 1.29 is 4.79 Å². The normalized spacial score (nSPS) is 20.9. The van der Waals surface area contributed by atoms with E-state index < -0.39 is 0 Å². The Morgan fingerprint density at radius 3 is 2.68 bits per heavy atom. The minimum Gasteiger partial charge on any atom is -0.357 e. The van der Waals surface area contributed by atoms with Crippen molar-refractivity contribution in [2.45, 2.75) is 32.6 Å². The van der Waals surface area contributed by atoms with Crippen LogP contribution in [0.4, 0.5) is 5.82 Å². The molecule has 2 aliphatic rings. The molecule has 0 radical (unpaired) electrons. The van der Waals surface area contributed by atoms with Gasteiger partial charge in [0.25, 0.3) is 5.91 Å². The lowest BCUT2D eigenvalue weighted by Crippen LogP contribution is -2.42. The van der Waals surface area contributed by atoms with Gasteiger partial charge in [0.1, 0.15) is 5.82 Å². The van der Waals surface area contributed by atoms with Crippen LogP contribution in [0.2, 0.25) is 0 Å². The van der Waals surface area contributed by atoms with Gasteiger partial charge in [0.05, 0.1) is 5.56 Å². The number of hydrogen-bond donors (Lipinski definition) is 2. The summed E-state index contributed by atoms with van der Waals surface area (Å²) in [7, 11) is 0. The molecule has 3 heterocycles. The molecular weight excluding hydrogens is 276 g/mol. The Kier molecular flexibility index (Phi) is 4.62. The Balaban J connectivity index is 1.55. The molecule has 0 aromatic carbocycles. The molecule has 1 aromatic rings. The smallest absolute Gasteiger partial charge is 0.252 e. The summed E-state index contributed by atoms with van der Waals surface area (Å²) in [4.78, 5) is 19.0. The highest BCUT2D eigenvalue weighted by atomic mass is 16.1. The lowest BCUT2D eigenvalue weighted by atomic mass is 9.81. The van der Waals surface area contributed by atoms with Crippen molar-refractivity contribution in [3.63, 3.8) is 0 Å². The fourth-order valence-corrected chi connectivity index (χ4v) is 3.26. The first-order valence-corrected chi connectivity index (χ1v) is 8.36. The van der Waals surface area contributed by atoms with E-state index in [4.69, 9.17) is 0 Å². The van der Waals surface area contributed by atoms with Crippen LogP contribution < -0.4 is 15.5 Å². The number of nitrogens with zero attached hydrogens (tertiary/aromatic N) is 2. The summed E-state index contributed by atoms with van der Waals surface area (Å²) >= 11 is 0. The van der Waals surface area contributed by atoms with E-state index in [9.17, 15) is 4.79 Å². The van der Waals surface area contributed by atoms with E-state index in [-0.39, 0.29) is 11.3 Å². The molecule has 5 nitrogen and oxygen atoms in total. The van der Waals surface area contributed by atoms with Crippen LogP contribution in [0.25, 0.3) is 0 Å². The third kappa shape index (κ3) is 3.58. The second-order valence-electron chi connectivity index (χ2n) is 6.84. The van der Waals surface area contributed by atoms with Gasteiger partial charge in [-0.25, -0.2) is 4.98 Å². The molecule has 2 fully saturated rings. The van der Waals surface area contributed by atoms with Crippen molar-refractivity contribution in [2.24, 2.45) is 5.41 Å². The Labute approximate surface area is 132 Å². The predicted octanol–water partition coefficient (Wildman–Crippen LogP) is 1.80. The SMILES string of the molecule is CC1(CNC(=O)c2ccc(N3CCCC3)nc2)CCNCC1. The number of amides is 1. The molecule has 0 unspecified atom stereocenters. The number of nitrogens with one attached hydrogen (secondary N) is 2. The molecule has 5 heteroatoms. The first kappa shape index (κ1) is 15.3. The minimum atomic E-state index is -0.0137. The lowest BCUT2D eigenvalue weighted by molar-refractivity contribution is 0.0922. The van der Waals surface area contributed by atoms with Gasteiger partial charge in [-0.15, -0.1) is 0 Å². The number of hydrogen-bond acceptors (Lipinski definition) is 4. The Morgan fingerprint density at radius 2 is 2.05 bits per heavy atom. The highest BCUT2D eigenvalue weighted by Gasteiger charge is 2.27. The van der Waals surface area contributed by atoms with E-state index in [1.54, 1.807) is 6.20 Å². The predicted molar refractivity (Wildman–Crippen MR) is 88.2 cm³/mol. The summed E-state index contributed by atoms with van der Waals surface area (Å²) in [5, 5.41) is 6.44. The fourth-order valence-electron chi connectivity index (χ4n) is 3.26. The van der Waals surface area contributed by atoms with Gasteiger partial charge in [0, 0.05) is 25.8 Å². The second-order valence-corrected chi connectivity index (χ2v) is 6.84. The van der Waals surface area contributed by atoms with Gasteiger partial charge in [-0.05, 0) is 56.3 Å². The quantitative estimate of drug-likeness (QED) is 0.890. The van der Waals surface area contributed by atoms with Crippen LogP contribution >= 0.6 is 0 Å². The van der Waals surface area contributed by atoms with Crippen LogP contribution in [0.3, 0.4) is 0 Å². The maximum absolute atomic E-state index is 12.3. The molecule has 1 aromatic heterocycles. The molecular formula is C17H26N4O. The first-order valence-electron chi connectivity index (χ1n) is 8.36. The van der Waals surface area contributed by atoms with Crippen molar-refractivity contribution in [1.29, 1.82) is 0 Å². The van der Waals surface area contributed by atoms with Crippen LogP contribution in [0.5, 0.6) is 0 Å². The van der Waals surface area contributed by atoms with Crippen molar-refractivity contribution in [1.82, 2.24) is 15.6 Å². The molecule has 0 saturated carbocycles. The van der Waals surface area contributed by atoms with Crippen molar-refractivity contribution in [2.75, 3.05) is 37.6 Å². The summed E-state index contributed by atoms with van der Waals surface area (Å²) in [6, 6.07) is 3.85. The van der Waals surface area contributed by atoms with E-state index >= 15 is 0 Å². The van der Waals surface area contributed by atoms with Gasteiger partial charge in [0.15, 0.2) is 0 Å². The van der Waals surface area contributed by atoms with Crippen LogP contribution in [0.1, 0.15) is 43.0 Å². The van der Waals surface area contributed by atoms with Crippen LogP contribution in [0.15, 0.2) is 18.3 Å². The summed E-state index contributed by atoms with van der Waals surface area (Å²) in [6.07, 6.45) is 6.39. The zero-order chi connectivity index (χ0) is 15.4. The van der Waals surface area contributed by atoms with Gasteiger partial charge in [-0.1, -0.05) is 6.92 Å². The van der Waals surface area contributed by atoms with E-state index in [0.717, 1.165) is 51.4 Å². The molecule has 0 spiro atoms. The summed E-state index contributed by atoms with van der Waals surface area (Å²) in [6.45, 7) is 7.22. The van der Waals surface area contributed by atoms with E-state index in [2.05, 4.69) is 27.4 Å². The van der Waals surface area contributed by atoms with E-state index in [0.29, 0.717) is 5.56 Å². The number of rotatable bonds is 4. The van der Waals surface area contributed by atoms with Gasteiger partial charge in [-0.2, -0.15) is 0 Å². The maximum Gasteiger partial charge on any atom is 0.252 e. The molecule has 120 valence electrons. The van der Waals surface area contributed by atoms with Crippen molar-refractivity contribution >= 4 is 11.7 Å². The van der Waals surface area contributed by atoms with Crippen molar-refractivity contribution in [3.8, 4) is 0 Å². The maximum atomic E-state index is 12.3. The molecule has 22 heavy (non-hydrogen) atoms. The van der Waals surface area contributed by atoms with Gasteiger partial charge in [0.2, 0.25) is 0 Å². The zero-order valence-corrected chi connectivity index (χ0v) is 13.4. The number of pyridine rings is 1. The van der Waals surface area contributed by atoms with Crippen LogP contribution in [-0.4, -0.2) is 43.6 Å². The third-order valence-electron chi connectivity index (χ3n) is 4.93. The van der Waals surface area contributed by atoms with E-state index in [1.807, 2.05) is 12.1 Å². The summed E-state index contributed by atoms with van der Waals surface area (Å²) in [5.41, 5.74) is 0.865. The van der Waals surface area contributed by atoms with Gasteiger partial charge < -0.3 is 15.5 Å². The molecule has 2 N–H and O–H groups in total. The molecule has 0 bridgehead atoms. The summed E-state index contributed by atoms with van der Waals surface area (Å²) < 4.78 is 0. The number of carbonyl (C=O) groups excluding carboxylic acids is 1. The third-order valence-corrected chi connectivity index (χ3v) is 4.93. The van der Waals surface area contributed by atoms with Gasteiger partial charge >= 0.3 is 0 Å².